The molecule has 0 atom stereocenters. The molecule has 2 heterocycles. The second-order valence-corrected chi connectivity index (χ2v) is 6.08. The third-order valence-corrected chi connectivity index (χ3v) is 4.55. The van der Waals surface area contributed by atoms with Crippen molar-refractivity contribution in [3.63, 3.8) is 0 Å². The van der Waals surface area contributed by atoms with Gasteiger partial charge < -0.3 is 9.88 Å². The summed E-state index contributed by atoms with van der Waals surface area (Å²) in [7, 11) is 0. The molecule has 1 N–H and O–H groups in total. The standard InChI is InChI=1S/C17H21N3/c1-12-4-2-3-5-14(12)11-20-16-8-9-18-10-15(16)19-17(20)13-6-7-13/h2-5,13,18H,6-11H2,1H3. The van der Waals surface area contributed by atoms with Crippen LogP contribution in [0.5, 0.6) is 0 Å². The molecule has 3 nitrogen and oxygen atoms in total. The molecular weight excluding hydrogens is 246 g/mol. The predicted octanol–water partition coefficient (Wildman–Crippen LogP) is 2.76. The van der Waals surface area contributed by atoms with Crippen LogP contribution in [0.4, 0.5) is 0 Å². The van der Waals surface area contributed by atoms with E-state index in [0.717, 1.165) is 26.1 Å². The van der Waals surface area contributed by atoms with Gasteiger partial charge in [0, 0.05) is 37.7 Å². The molecule has 0 amide bonds. The Morgan fingerprint density at radius 2 is 2.15 bits per heavy atom. The average molecular weight is 267 g/mol. The molecule has 4 rings (SSSR count). The van der Waals surface area contributed by atoms with Crippen LogP contribution in [-0.4, -0.2) is 16.1 Å². The van der Waals surface area contributed by atoms with Crippen LogP contribution in [0.2, 0.25) is 0 Å². The second-order valence-electron chi connectivity index (χ2n) is 6.08. The summed E-state index contributed by atoms with van der Waals surface area (Å²) >= 11 is 0. The van der Waals surface area contributed by atoms with Gasteiger partial charge in [-0.05, 0) is 30.9 Å². The first-order valence-electron chi connectivity index (χ1n) is 7.66. The molecule has 0 spiro atoms. The van der Waals surface area contributed by atoms with Gasteiger partial charge in [0.2, 0.25) is 0 Å². The fourth-order valence-corrected chi connectivity index (χ4v) is 3.18. The van der Waals surface area contributed by atoms with Crippen LogP contribution in [0, 0.1) is 6.92 Å². The van der Waals surface area contributed by atoms with Crippen molar-refractivity contribution >= 4 is 0 Å². The van der Waals surface area contributed by atoms with Crippen molar-refractivity contribution in [2.24, 2.45) is 0 Å². The van der Waals surface area contributed by atoms with Crippen LogP contribution in [-0.2, 0) is 19.5 Å². The van der Waals surface area contributed by atoms with E-state index in [0.29, 0.717) is 5.92 Å². The number of nitrogens with zero attached hydrogens (tertiary/aromatic N) is 2. The lowest BCUT2D eigenvalue weighted by molar-refractivity contribution is 0.597. The predicted molar refractivity (Wildman–Crippen MR) is 79.9 cm³/mol. The minimum atomic E-state index is 0.713. The van der Waals surface area contributed by atoms with Crippen LogP contribution in [0.1, 0.15) is 47.1 Å². The summed E-state index contributed by atoms with van der Waals surface area (Å²) in [5, 5.41) is 3.44. The van der Waals surface area contributed by atoms with Crippen LogP contribution < -0.4 is 5.32 Å². The Bertz CT molecular complexity index is 638. The number of rotatable bonds is 3. The molecule has 104 valence electrons. The molecule has 1 fully saturated rings. The number of imidazole rings is 1. The van der Waals surface area contributed by atoms with Crippen LogP contribution in [0.3, 0.4) is 0 Å². The minimum Gasteiger partial charge on any atom is -0.327 e. The molecule has 2 aromatic rings. The van der Waals surface area contributed by atoms with Gasteiger partial charge in [0.1, 0.15) is 5.82 Å². The zero-order valence-corrected chi connectivity index (χ0v) is 12.0. The highest BCUT2D eigenvalue weighted by Gasteiger charge is 2.31. The second kappa shape index (κ2) is 4.74. The van der Waals surface area contributed by atoms with E-state index in [2.05, 4.69) is 41.1 Å². The van der Waals surface area contributed by atoms with E-state index in [-0.39, 0.29) is 0 Å². The van der Waals surface area contributed by atoms with E-state index in [4.69, 9.17) is 4.98 Å². The zero-order valence-electron chi connectivity index (χ0n) is 12.0. The highest BCUT2D eigenvalue weighted by atomic mass is 15.1. The summed E-state index contributed by atoms with van der Waals surface area (Å²) in [4.78, 5) is 4.94. The Morgan fingerprint density at radius 1 is 1.30 bits per heavy atom. The first kappa shape index (κ1) is 12.2. The molecule has 20 heavy (non-hydrogen) atoms. The first-order valence-corrected chi connectivity index (χ1v) is 7.66. The average Bonchev–Trinajstić information content (AvgIpc) is 3.25. The SMILES string of the molecule is Cc1ccccc1Cn1c(C2CC2)nc2c1CCNC2. The smallest absolute Gasteiger partial charge is 0.112 e. The highest BCUT2D eigenvalue weighted by Crippen LogP contribution is 2.40. The first-order chi connectivity index (χ1) is 9.83. The summed E-state index contributed by atoms with van der Waals surface area (Å²) in [5.74, 6) is 2.05. The quantitative estimate of drug-likeness (QED) is 0.926. The molecule has 1 saturated carbocycles. The monoisotopic (exact) mass is 267 g/mol. The molecule has 2 aliphatic rings. The van der Waals surface area contributed by atoms with E-state index in [9.17, 15) is 0 Å². The van der Waals surface area contributed by atoms with Crippen LogP contribution in [0.15, 0.2) is 24.3 Å². The summed E-state index contributed by atoms with van der Waals surface area (Å²) in [6, 6.07) is 8.72. The van der Waals surface area contributed by atoms with Crippen molar-refractivity contribution in [1.82, 2.24) is 14.9 Å². The van der Waals surface area contributed by atoms with E-state index in [1.54, 1.807) is 0 Å². The van der Waals surface area contributed by atoms with Crippen molar-refractivity contribution in [3.05, 3.63) is 52.6 Å². The van der Waals surface area contributed by atoms with Gasteiger partial charge in [0.25, 0.3) is 0 Å². The van der Waals surface area contributed by atoms with Crippen LogP contribution in [0.25, 0.3) is 0 Å². The molecule has 0 unspecified atom stereocenters. The summed E-state index contributed by atoms with van der Waals surface area (Å²) in [6.07, 6.45) is 3.75. The molecule has 0 bridgehead atoms. The number of hydrogen-bond donors (Lipinski definition) is 1. The Hall–Kier alpha value is -1.61. The largest absolute Gasteiger partial charge is 0.327 e. The Balaban J connectivity index is 1.76. The van der Waals surface area contributed by atoms with Crippen molar-refractivity contribution in [3.8, 4) is 0 Å². The van der Waals surface area contributed by atoms with E-state index in [1.807, 2.05) is 0 Å². The van der Waals surface area contributed by atoms with Gasteiger partial charge in [-0.25, -0.2) is 4.98 Å². The fourth-order valence-electron chi connectivity index (χ4n) is 3.18. The zero-order chi connectivity index (χ0) is 13.5. The van der Waals surface area contributed by atoms with Crippen molar-refractivity contribution in [2.75, 3.05) is 6.54 Å². The van der Waals surface area contributed by atoms with Gasteiger partial charge in [0.05, 0.1) is 5.69 Å². The van der Waals surface area contributed by atoms with Gasteiger partial charge >= 0.3 is 0 Å². The molecule has 0 radical (unpaired) electrons. The summed E-state index contributed by atoms with van der Waals surface area (Å²) < 4.78 is 2.51. The van der Waals surface area contributed by atoms with Crippen molar-refractivity contribution < 1.29 is 0 Å². The number of aryl methyl sites for hydroxylation is 1. The number of hydrogen-bond acceptors (Lipinski definition) is 2. The highest BCUT2D eigenvalue weighted by molar-refractivity contribution is 5.30. The Morgan fingerprint density at radius 3 is 2.95 bits per heavy atom. The van der Waals surface area contributed by atoms with Crippen LogP contribution >= 0.6 is 0 Å². The summed E-state index contributed by atoms with van der Waals surface area (Å²) in [6.45, 7) is 5.21. The maximum atomic E-state index is 4.94. The lowest BCUT2D eigenvalue weighted by atomic mass is 10.1. The van der Waals surface area contributed by atoms with E-state index < -0.39 is 0 Å². The fraction of sp³-hybridized carbons (Fsp3) is 0.471. The number of benzene rings is 1. The molecule has 3 heteroatoms. The number of aromatic nitrogens is 2. The van der Waals surface area contributed by atoms with E-state index in [1.165, 1.54) is 41.2 Å². The Kier molecular flexibility index (Phi) is 2.88. The Labute approximate surface area is 120 Å². The summed E-state index contributed by atoms with van der Waals surface area (Å²) in [5.41, 5.74) is 5.56. The molecule has 0 saturated heterocycles. The number of nitrogens with one attached hydrogen (secondary N) is 1. The van der Waals surface area contributed by atoms with Crippen molar-refractivity contribution in [1.29, 1.82) is 0 Å². The number of fused-ring (bicyclic) bond motifs is 1. The molecule has 1 aromatic carbocycles. The van der Waals surface area contributed by atoms with Gasteiger partial charge in [-0.15, -0.1) is 0 Å². The van der Waals surface area contributed by atoms with Gasteiger partial charge in [-0.2, -0.15) is 0 Å². The minimum absolute atomic E-state index is 0.713. The molecule has 1 aliphatic carbocycles. The van der Waals surface area contributed by atoms with E-state index >= 15 is 0 Å². The van der Waals surface area contributed by atoms with Gasteiger partial charge in [-0.3, -0.25) is 0 Å². The van der Waals surface area contributed by atoms with Crippen molar-refractivity contribution in [2.45, 2.75) is 45.2 Å². The molecule has 1 aliphatic heterocycles. The van der Waals surface area contributed by atoms with Gasteiger partial charge in [-0.1, -0.05) is 24.3 Å². The third kappa shape index (κ3) is 2.06. The maximum Gasteiger partial charge on any atom is 0.112 e. The van der Waals surface area contributed by atoms with Gasteiger partial charge in [0.15, 0.2) is 0 Å². The maximum absolute atomic E-state index is 4.94. The topological polar surface area (TPSA) is 29.9 Å². The third-order valence-electron chi connectivity index (χ3n) is 4.55. The molecular formula is C17H21N3. The normalized spacial score (nSPS) is 18.1. The molecule has 1 aromatic heterocycles. The lowest BCUT2D eigenvalue weighted by Crippen LogP contribution is -2.25. The lowest BCUT2D eigenvalue weighted by Gasteiger charge is -2.17.